The maximum Gasteiger partial charge on any atom is 0.151 e. The van der Waals surface area contributed by atoms with E-state index in [1.807, 2.05) is 6.07 Å². The molecule has 2 heterocycles. The minimum Gasteiger partial charge on any atom is -0.299 e. The van der Waals surface area contributed by atoms with Gasteiger partial charge in [0.1, 0.15) is 5.78 Å². The standard InChI is InChI=1S/C11H13NO3S/c13-11(6-9-2-1-4-12-7-9)10-3-5-16(14,15)8-10/h1-2,4,7,10H,3,5-6,8H2. The zero-order valence-corrected chi connectivity index (χ0v) is 9.61. The van der Waals surface area contributed by atoms with Crippen molar-refractivity contribution in [1.82, 2.24) is 4.98 Å². The van der Waals surface area contributed by atoms with Crippen molar-refractivity contribution in [3.05, 3.63) is 30.1 Å². The molecule has 0 aliphatic carbocycles. The highest BCUT2D eigenvalue weighted by atomic mass is 32.2. The summed E-state index contributed by atoms with van der Waals surface area (Å²) in [6.45, 7) is 0. The van der Waals surface area contributed by atoms with Crippen LogP contribution in [0.5, 0.6) is 0 Å². The van der Waals surface area contributed by atoms with Crippen molar-refractivity contribution in [2.24, 2.45) is 5.92 Å². The summed E-state index contributed by atoms with van der Waals surface area (Å²) in [4.78, 5) is 15.7. The number of nitrogens with zero attached hydrogens (tertiary/aromatic N) is 1. The third-order valence-corrected chi connectivity index (χ3v) is 4.56. The summed E-state index contributed by atoms with van der Waals surface area (Å²) in [5, 5.41) is 0. The Hall–Kier alpha value is -1.23. The van der Waals surface area contributed by atoms with Gasteiger partial charge < -0.3 is 0 Å². The molecule has 1 aromatic heterocycles. The van der Waals surface area contributed by atoms with Crippen LogP contribution in [0.1, 0.15) is 12.0 Å². The Bertz CT molecular complexity index is 481. The van der Waals surface area contributed by atoms with Crippen LogP contribution < -0.4 is 0 Å². The molecule has 4 nitrogen and oxygen atoms in total. The first-order valence-corrected chi connectivity index (χ1v) is 7.01. The number of carbonyl (C=O) groups is 1. The molecule has 0 amide bonds. The monoisotopic (exact) mass is 239 g/mol. The Kier molecular flexibility index (Phi) is 3.05. The fourth-order valence-electron chi connectivity index (χ4n) is 1.90. The first kappa shape index (κ1) is 11.3. The molecule has 1 unspecified atom stereocenters. The Morgan fingerprint density at radius 1 is 1.50 bits per heavy atom. The van der Waals surface area contributed by atoms with Crippen molar-refractivity contribution >= 4 is 15.6 Å². The largest absolute Gasteiger partial charge is 0.299 e. The molecule has 0 N–H and O–H groups in total. The summed E-state index contributed by atoms with van der Waals surface area (Å²) in [7, 11) is -2.97. The second kappa shape index (κ2) is 4.33. The summed E-state index contributed by atoms with van der Waals surface area (Å²) < 4.78 is 22.5. The van der Waals surface area contributed by atoms with E-state index in [-0.39, 0.29) is 29.6 Å². The lowest BCUT2D eigenvalue weighted by atomic mass is 9.98. The highest BCUT2D eigenvalue weighted by Crippen LogP contribution is 2.20. The summed E-state index contributed by atoms with van der Waals surface area (Å²) in [5.41, 5.74) is 0.844. The fraction of sp³-hybridized carbons (Fsp3) is 0.455. The zero-order valence-electron chi connectivity index (χ0n) is 8.80. The van der Waals surface area contributed by atoms with E-state index in [1.165, 1.54) is 0 Å². The third kappa shape index (κ3) is 2.66. The molecule has 0 bridgehead atoms. The summed E-state index contributed by atoms with van der Waals surface area (Å²) >= 11 is 0. The van der Waals surface area contributed by atoms with Crippen LogP contribution in [0.3, 0.4) is 0 Å². The van der Waals surface area contributed by atoms with E-state index >= 15 is 0 Å². The van der Waals surface area contributed by atoms with Crippen molar-refractivity contribution in [3.63, 3.8) is 0 Å². The third-order valence-electron chi connectivity index (χ3n) is 2.79. The van der Waals surface area contributed by atoms with Gasteiger partial charge in [0.15, 0.2) is 9.84 Å². The molecule has 0 aromatic carbocycles. The van der Waals surface area contributed by atoms with Gasteiger partial charge in [-0.3, -0.25) is 9.78 Å². The Balaban J connectivity index is 2.00. The van der Waals surface area contributed by atoms with Crippen molar-refractivity contribution < 1.29 is 13.2 Å². The summed E-state index contributed by atoms with van der Waals surface area (Å²) in [6.07, 6.45) is 4.05. The number of rotatable bonds is 3. The second-order valence-corrected chi connectivity index (χ2v) is 6.33. The van der Waals surface area contributed by atoms with E-state index in [4.69, 9.17) is 0 Å². The molecule has 5 heteroatoms. The van der Waals surface area contributed by atoms with Gasteiger partial charge in [0.25, 0.3) is 0 Å². The maximum absolute atomic E-state index is 11.8. The van der Waals surface area contributed by atoms with Gasteiger partial charge in [0.05, 0.1) is 11.5 Å². The van der Waals surface area contributed by atoms with Gasteiger partial charge >= 0.3 is 0 Å². The van der Waals surface area contributed by atoms with E-state index < -0.39 is 9.84 Å². The molecule has 1 saturated heterocycles. The number of carbonyl (C=O) groups excluding carboxylic acids is 1. The van der Waals surface area contributed by atoms with Gasteiger partial charge in [-0.2, -0.15) is 0 Å². The predicted molar refractivity (Wildman–Crippen MR) is 59.7 cm³/mol. The Morgan fingerprint density at radius 2 is 2.31 bits per heavy atom. The molecule has 86 valence electrons. The summed E-state index contributed by atoms with van der Waals surface area (Å²) in [6, 6.07) is 3.60. The smallest absolute Gasteiger partial charge is 0.151 e. The number of hydrogen-bond acceptors (Lipinski definition) is 4. The molecule has 0 saturated carbocycles. The number of pyridine rings is 1. The van der Waals surface area contributed by atoms with Gasteiger partial charge in [-0.15, -0.1) is 0 Å². The molecular formula is C11H13NO3S. The second-order valence-electron chi connectivity index (χ2n) is 4.10. The van der Waals surface area contributed by atoms with Crippen molar-refractivity contribution in [3.8, 4) is 0 Å². The van der Waals surface area contributed by atoms with Gasteiger partial charge in [0.2, 0.25) is 0 Å². The molecule has 1 aromatic rings. The Labute approximate surface area is 94.6 Å². The average molecular weight is 239 g/mol. The van der Waals surface area contributed by atoms with Crippen LogP contribution >= 0.6 is 0 Å². The lowest BCUT2D eigenvalue weighted by Crippen LogP contribution is -2.18. The van der Waals surface area contributed by atoms with Crippen molar-refractivity contribution in [2.45, 2.75) is 12.8 Å². The zero-order chi connectivity index (χ0) is 11.6. The van der Waals surface area contributed by atoms with E-state index in [0.717, 1.165) is 5.56 Å². The molecule has 16 heavy (non-hydrogen) atoms. The predicted octanol–water partition coefficient (Wildman–Crippen LogP) is 0.628. The van der Waals surface area contributed by atoms with Crippen LogP contribution in [0.25, 0.3) is 0 Å². The number of aromatic nitrogens is 1. The number of ketones is 1. The van der Waals surface area contributed by atoms with Crippen LogP contribution in [0.4, 0.5) is 0 Å². The molecule has 1 aliphatic heterocycles. The van der Waals surface area contributed by atoms with Crippen molar-refractivity contribution in [1.29, 1.82) is 0 Å². The molecule has 1 fully saturated rings. The Morgan fingerprint density at radius 3 is 2.88 bits per heavy atom. The van der Waals surface area contributed by atoms with Crippen LogP contribution in [0.15, 0.2) is 24.5 Å². The summed E-state index contributed by atoms with van der Waals surface area (Å²) in [5.74, 6) is -0.137. The molecule has 0 spiro atoms. The number of sulfone groups is 1. The molecule has 1 aliphatic rings. The van der Waals surface area contributed by atoms with E-state index in [1.54, 1.807) is 18.5 Å². The minimum atomic E-state index is -2.97. The van der Waals surface area contributed by atoms with Crippen molar-refractivity contribution in [2.75, 3.05) is 11.5 Å². The highest BCUT2D eigenvalue weighted by molar-refractivity contribution is 7.91. The van der Waals surface area contributed by atoms with E-state index in [9.17, 15) is 13.2 Å². The average Bonchev–Trinajstić information content (AvgIpc) is 2.60. The van der Waals surface area contributed by atoms with Gasteiger partial charge in [0, 0.05) is 24.7 Å². The quantitative estimate of drug-likeness (QED) is 0.776. The van der Waals surface area contributed by atoms with Gasteiger partial charge in [-0.1, -0.05) is 6.07 Å². The van der Waals surface area contributed by atoms with E-state index in [0.29, 0.717) is 6.42 Å². The normalized spacial score (nSPS) is 23.1. The SMILES string of the molecule is O=C(Cc1cccnc1)C1CCS(=O)(=O)C1. The number of hydrogen-bond donors (Lipinski definition) is 0. The van der Waals surface area contributed by atoms with Gasteiger partial charge in [-0.25, -0.2) is 8.42 Å². The fourth-order valence-corrected chi connectivity index (χ4v) is 3.67. The molecular weight excluding hydrogens is 226 g/mol. The van der Waals surface area contributed by atoms with Crippen LogP contribution in [-0.4, -0.2) is 30.7 Å². The van der Waals surface area contributed by atoms with E-state index in [2.05, 4.69) is 4.98 Å². The maximum atomic E-state index is 11.8. The molecule has 1 atom stereocenters. The first-order chi connectivity index (χ1) is 7.57. The number of Topliss-reactive ketones (excluding diaryl/α,β-unsaturated/α-hetero) is 1. The lowest BCUT2D eigenvalue weighted by molar-refractivity contribution is -0.121. The van der Waals surface area contributed by atoms with Gasteiger partial charge in [-0.05, 0) is 18.1 Å². The molecule has 2 rings (SSSR count). The lowest BCUT2D eigenvalue weighted by Gasteiger charge is -2.05. The first-order valence-electron chi connectivity index (χ1n) is 5.19. The molecule has 0 radical (unpaired) electrons. The van der Waals surface area contributed by atoms with Crippen LogP contribution in [0, 0.1) is 5.92 Å². The highest BCUT2D eigenvalue weighted by Gasteiger charge is 2.32. The van der Waals surface area contributed by atoms with Crippen LogP contribution in [-0.2, 0) is 21.1 Å². The topological polar surface area (TPSA) is 64.1 Å². The van der Waals surface area contributed by atoms with Crippen LogP contribution in [0.2, 0.25) is 0 Å². The minimum absolute atomic E-state index is 0.00840.